The van der Waals surface area contributed by atoms with Crippen molar-refractivity contribution >= 4 is 29.3 Å². The first-order valence-electron chi connectivity index (χ1n) is 10.4. The van der Waals surface area contributed by atoms with Crippen molar-refractivity contribution in [3.63, 3.8) is 0 Å². The molecule has 0 aliphatic carbocycles. The van der Waals surface area contributed by atoms with Gasteiger partial charge in [0.15, 0.2) is 0 Å². The normalized spacial score (nSPS) is 24.7. The molecule has 29 heavy (non-hydrogen) atoms. The van der Waals surface area contributed by atoms with Crippen LogP contribution in [-0.4, -0.2) is 59.6 Å². The number of carbonyl (C=O) groups is 2. The summed E-state index contributed by atoms with van der Waals surface area (Å²) in [6.07, 6.45) is 5.36. The molecule has 1 unspecified atom stereocenters. The summed E-state index contributed by atoms with van der Waals surface area (Å²) in [7, 11) is 0. The van der Waals surface area contributed by atoms with E-state index < -0.39 is 0 Å². The van der Waals surface area contributed by atoms with E-state index in [2.05, 4.69) is 11.0 Å². The molecule has 4 rings (SSSR count). The van der Waals surface area contributed by atoms with E-state index in [1.165, 1.54) is 11.8 Å². The van der Waals surface area contributed by atoms with Gasteiger partial charge in [-0.2, -0.15) is 5.26 Å². The smallest absolute Gasteiger partial charge is 0.267 e. The first-order chi connectivity index (χ1) is 14.2. The van der Waals surface area contributed by atoms with Crippen LogP contribution >= 0.6 is 11.8 Å². The van der Waals surface area contributed by atoms with E-state index in [1.54, 1.807) is 9.80 Å². The number of rotatable bonds is 4. The monoisotopic (exact) mass is 410 g/mol. The Morgan fingerprint density at radius 3 is 2.34 bits per heavy atom. The zero-order valence-electron chi connectivity index (χ0n) is 16.5. The van der Waals surface area contributed by atoms with Crippen LogP contribution < -0.4 is 4.90 Å². The lowest BCUT2D eigenvalue weighted by Crippen LogP contribution is -2.38. The second-order valence-corrected chi connectivity index (χ2v) is 8.96. The van der Waals surface area contributed by atoms with E-state index in [4.69, 9.17) is 0 Å². The number of likely N-dealkylation sites (tertiary alicyclic amines) is 2. The highest BCUT2D eigenvalue weighted by Gasteiger charge is 2.42. The van der Waals surface area contributed by atoms with Crippen LogP contribution in [0.25, 0.3) is 0 Å². The van der Waals surface area contributed by atoms with Crippen molar-refractivity contribution in [2.75, 3.05) is 37.6 Å². The van der Waals surface area contributed by atoms with Crippen LogP contribution in [0.1, 0.15) is 32.1 Å². The summed E-state index contributed by atoms with van der Waals surface area (Å²) in [5.41, 5.74) is 0.807. The fourth-order valence-corrected chi connectivity index (χ4v) is 5.54. The van der Waals surface area contributed by atoms with Gasteiger partial charge < -0.3 is 9.80 Å². The van der Waals surface area contributed by atoms with Gasteiger partial charge in [0.1, 0.15) is 21.9 Å². The minimum atomic E-state index is -0.291. The third-order valence-corrected chi connectivity index (χ3v) is 7.02. The Kier molecular flexibility index (Phi) is 6.22. The van der Waals surface area contributed by atoms with Gasteiger partial charge in [0.05, 0.1) is 0 Å². The van der Waals surface area contributed by atoms with Gasteiger partial charge in [0, 0.05) is 25.3 Å². The Morgan fingerprint density at radius 2 is 1.69 bits per heavy atom. The lowest BCUT2D eigenvalue weighted by Gasteiger charge is -2.27. The van der Waals surface area contributed by atoms with Crippen molar-refractivity contribution in [2.24, 2.45) is 0 Å². The second-order valence-electron chi connectivity index (χ2n) is 7.77. The SMILES string of the molecule is N#C/C(C(=O)N1CCCCC1)=C1/SC(CN2CCCC2)C(=O)N1c1ccccc1. The van der Waals surface area contributed by atoms with Gasteiger partial charge in [0.2, 0.25) is 5.91 Å². The lowest BCUT2D eigenvalue weighted by atomic mass is 10.1. The van der Waals surface area contributed by atoms with Gasteiger partial charge in [0.25, 0.3) is 5.91 Å². The number of nitrogens with zero attached hydrogens (tertiary/aromatic N) is 4. The molecule has 3 aliphatic heterocycles. The van der Waals surface area contributed by atoms with E-state index in [0.29, 0.717) is 30.4 Å². The number of benzene rings is 1. The molecule has 7 heteroatoms. The standard InChI is InChI=1S/C22H26N4O2S/c23-15-18(20(27)25-13-5-2-6-14-25)22-26(17-9-3-1-4-10-17)21(28)19(29-22)16-24-11-7-8-12-24/h1,3-4,9-10,19H,2,5-8,11-14,16H2/b22-18-. The zero-order valence-corrected chi connectivity index (χ0v) is 17.4. The number of thioether (sulfide) groups is 1. The number of piperidine rings is 1. The molecule has 0 spiro atoms. The summed E-state index contributed by atoms with van der Waals surface area (Å²) < 4.78 is 0. The van der Waals surface area contributed by atoms with E-state index in [1.807, 2.05) is 30.3 Å². The fraction of sp³-hybridized carbons (Fsp3) is 0.500. The average molecular weight is 411 g/mol. The lowest BCUT2D eigenvalue weighted by molar-refractivity contribution is -0.127. The minimum absolute atomic E-state index is 0.0395. The molecule has 2 amide bonds. The van der Waals surface area contributed by atoms with E-state index in [0.717, 1.165) is 45.2 Å². The van der Waals surface area contributed by atoms with Gasteiger partial charge in [-0.3, -0.25) is 14.5 Å². The molecule has 0 bridgehead atoms. The Morgan fingerprint density at radius 1 is 1.03 bits per heavy atom. The number of amides is 2. The molecular formula is C22H26N4O2S. The molecule has 152 valence electrons. The molecule has 1 atom stereocenters. The molecule has 0 radical (unpaired) electrons. The van der Waals surface area contributed by atoms with E-state index >= 15 is 0 Å². The molecule has 3 heterocycles. The molecule has 3 aliphatic rings. The minimum Gasteiger partial charge on any atom is -0.338 e. The summed E-state index contributed by atoms with van der Waals surface area (Å²) in [5, 5.41) is 10.1. The maximum absolute atomic E-state index is 13.3. The number of para-hydroxylation sites is 1. The summed E-state index contributed by atoms with van der Waals surface area (Å²) in [5.74, 6) is -0.285. The van der Waals surface area contributed by atoms with Crippen LogP contribution in [0.2, 0.25) is 0 Å². The predicted molar refractivity (Wildman–Crippen MR) is 114 cm³/mol. The number of nitriles is 1. The van der Waals surface area contributed by atoms with Crippen LogP contribution in [-0.2, 0) is 9.59 Å². The first-order valence-corrected chi connectivity index (χ1v) is 11.3. The van der Waals surface area contributed by atoms with Crippen molar-refractivity contribution in [1.29, 1.82) is 5.26 Å². The Balaban J connectivity index is 1.68. The van der Waals surface area contributed by atoms with Crippen LogP contribution in [0.3, 0.4) is 0 Å². The molecule has 3 fully saturated rings. The maximum Gasteiger partial charge on any atom is 0.267 e. The predicted octanol–water partition coefficient (Wildman–Crippen LogP) is 2.98. The molecule has 6 nitrogen and oxygen atoms in total. The number of hydrogen-bond acceptors (Lipinski definition) is 5. The molecule has 1 aromatic rings. The molecule has 1 aromatic carbocycles. The van der Waals surface area contributed by atoms with E-state index in [-0.39, 0.29) is 22.6 Å². The van der Waals surface area contributed by atoms with Gasteiger partial charge in [-0.1, -0.05) is 30.0 Å². The van der Waals surface area contributed by atoms with Crippen LogP contribution in [0, 0.1) is 11.3 Å². The summed E-state index contributed by atoms with van der Waals surface area (Å²) in [4.78, 5) is 32.1. The highest BCUT2D eigenvalue weighted by Crippen LogP contribution is 2.41. The summed E-state index contributed by atoms with van der Waals surface area (Å²) in [6, 6.07) is 11.5. The maximum atomic E-state index is 13.3. The van der Waals surface area contributed by atoms with Crippen molar-refractivity contribution < 1.29 is 9.59 Å². The Labute approximate surface area is 176 Å². The zero-order chi connectivity index (χ0) is 20.2. The average Bonchev–Trinajstić information content (AvgIpc) is 3.38. The Hall–Kier alpha value is -2.30. The largest absolute Gasteiger partial charge is 0.338 e. The molecule has 3 saturated heterocycles. The molecule has 0 saturated carbocycles. The molecular weight excluding hydrogens is 384 g/mol. The van der Waals surface area contributed by atoms with Gasteiger partial charge >= 0.3 is 0 Å². The van der Waals surface area contributed by atoms with Crippen LogP contribution in [0.15, 0.2) is 40.9 Å². The first kappa shape index (κ1) is 20.0. The quantitative estimate of drug-likeness (QED) is 0.564. The second kappa shape index (κ2) is 9.02. The van der Waals surface area contributed by atoms with Crippen LogP contribution in [0.4, 0.5) is 5.69 Å². The number of anilines is 1. The van der Waals surface area contributed by atoms with Crippen molar-refractivity contribution in [3.8, 4) is 6.07 Å². The fourth-order valence-electron chi connectivity index (χ4n) is 4.23. The summed E-state index contributed by atoms with van der Waals surface area (Å²) in [6.45, 7) is 4.03. The van der Waals surface area contributed by atoms with Gasteiger partial charge in [-0.25, -0.2) is 0 Å². The van der Waals surface area contributed by atoms with Gasteiger partial charge in [-0.05, 0) is 57.3 Å². The van der Waals surface area contributed by atoms with E-state index in [9.17, 15) is 14.9 Å². The molecule has 0 aromatic heterocycles. The van der Waals surface area contributed by atoms with Crippen molar-refractivity contribution in [3.05, 3.63) is 40.9 Å². The third kappa shape index (κ3) is 4.19. The van der Waals surface area contributed by atoms with Crippen LogP contribution in [0.5, 0.6) is 0 Å². The van der Waals surface area contributed by atoms with Crippen molar-refractivity contribution in [1.82, 2.24) is 9.80 Å². The Bertz CT molecular complexity index is 836. The molecule has 0 N–H and O–H groups in total. The summed E-state index contributed by atoms with van der Waals surface area (Å²) >= 11 is 1.38. The highest BCUT2D eigenvalue weighted by molar-refractivity contribution is 8.05. The topological polar surface area (TPSA) is 67.6 Å². The van der Waals surface area contributed by atoms with Crippen molar-refractivity contribution in [2.45, 2.75) is 37.4 Å². The number of hydrogen-bond donors (Lipinski definition) is 0. The third-order valence-electron chi connectivity index (χ3n) is 5.77. The number of carbonyl (C=O) groups excluding carboxylic acids is 2. The highest BCUT2D eigenvalue weighted by atomic mass is 32.2. The van der Waals surface area contributed by atoms with Gasteiger partial charge in [-0.15, -0.1) is 0 Å².